The van der Waals surface area contributed by atoms with Gasteiger partial charge in [-0.2, -0.15) is 0 Å². The molecule has 0 fully saturated rings. The third-order valence-corrected chi connectivity index (χ3v) is 3.17. The highest BCUT2D eigenvalue weighted by atomic mass is 127. The summed E-state index contributed by atoms with van der Waals surface area (Å²) in [6.45, 7) is 2.74. The molecule has 0 radical (unpaired) electrons. The molecule has 0 spiro atoms. The lowest BCUT2D eigenvalue weighted by atomic mass is 10.2. The van der Waals surface area contributed by atoms with Crippen LogP contribution in [0.1, 0.15) is 42.3 Å². The van der Waals surface area contributed by atoms with Crippen LogP contribution in [0.5, 0.6) is 0 Å². The summed E-state index contributed by atoms with van der Waals surface area (Å²) in [5.41, 5.74) is 0.677. The number of amides is 1. The van der Waals surface area contributed by atoms with E-state index in [9.17, 15) is 4.79 Å². The fourth-order valence-electron chi connectivity index (χ4n) is 1.51. The molecule has 4 heteroatoms. The average molecular weight is 335 g/mol. The molecule has 1 aromatic rings. The number of aryl methyl sites for hydroxylation is 1. The quantitative estimate of drug-likeness (QED) is 0.472. The number of furan rings is 1. The second kappa shape index (κ2) is 7.70. The number of carbonyl (C=O) groups is 1. The van der Waals surface area contributed by atoms with Crippen molar-refractivity contribution in [3.8, 4) is 0 Å². The highest BCUT2D eigenvalue weighted by Gasteiger charge is 2.11. The highest BCUT2D eigenvalue weighted by molar-refractivity contribution is 14.1. The van der Waals surface area contributed by atoms with Crippen LogP contribution in [0.15, 0.2) is 16.7 Å². The van der Waals surface area contributed by atoms with Crippen molar-refractivity contribution in [1.82, 2.24) is 5.32 Å². The molecule has 0 unspecified atom stereocenters. The molecule has 0 aliphatic carbocycles. The Balaban J connectivity index is 2.30. The van der Waals surface area contributed by atoms with Crippen molar-refractivity contribution in [2.45, 2.75) is 32.6 Å². The molecule has 1 N–H and O–H groups in total. The van der Waals surface area contributed by atoms with Gasteiger partial charge in [0.15, 0.2) is 0 Å². The number of alkyl halides is 1. The molecule has 0 saturated carbocycles. The van der Waals surface area contributed by atoms with Crippen molar-refractivity contribution in [1.29, 1.82) is 0 Å². The average Bonchev–Trinajstić information content (AvgIpc) is 2.76. The molecular formula is C12H18INO2. The van der Waals surface area contributed by atoms with Gasteiger partial charge in [0.05, 0.1) is 11.8 Å². The summed E-state index contributed by atoms with van der Waals surface area (Å²) in [6.07, 6.45) is 5.78. The van der Waals surface area contributed by atoms with Crippen LogP contribution in [0.2, 0.25) is 0 Å². The van der Waals surface area contributed by atoms with Gasteiger partial charge in [-0.05, 0) is 23.3 Å². The predicted molar refractivity (Wildman–Crippen MR) is 73.2 cm³/mol. The molecule has 1 heterocycles. The SMILES string of the molecule is CCc1occc1C(=O)NCCCCCI. The van der Waals surface area contributed by atoms with Crippen LogP contribution in [0.3, 0.4) is 0 Å². The van der Waals surface area contributed by atoms with E-state index in [0.717, 1.165) is 25.1 Å². The van der Waals surface area contributed by atoms with Crippen molar-refractivity contribution in [2.24, 2.45) is 0 Å². The number of carbonyl (C=O) groups excluding carboxylic acids is 1. The molecule has 1 amide bonds. The number of hydrogen-bond donors (Lipinski definition) is 1. The number of hydrogen-bond acceptors (Lipinski definition) is 2. The maximum atomic E-state index is 11.7. The van der Waals surface area contributed by atoms with E-state index < -0.39 is 0 Å². The Hall–Kier alpha value is -0.520. The Kier molecular flexibility index (Phi) is 6.52. The van der Waals surface area contributed by atoms with Gasteiger partial charge in [-0.3, -0.25) is 4.79 Å². The first-order chi connectivity index (χ1) is 7.79. The number of nitrogens with one attached hydrogen (secondary N) is 1. The van der Waals surface area contributed by atoms with Crippen LogP contribution < -0.4 is 5.32 Å². The normalized spacial score (nSPS) is 10.4. The molecule has 90 valence electrons. The Morgan fingerprint density at radius 2 is 2.25 bits per heavy atom. The highest BCUT2D eigenvalue weighted by Crippen LogP contribution is 2.10. The number of rotatable bonds is 7. The molecule has 3 nitrogen and oxygen atoms in total. The van der Waals surface area contributed by atoms with Gasteiger partial charge in [0.1, 0.15) is 5.76 Å². The smallest absolute Gasteiger partial charge is 0.254 e. The van der Waals surface area contributed by atoms with Gasteiger partial charge in [0.2, 0.25) is 0 Å². The minimum atomic E-state index is -0.0138. The Labute approximate surface area is 110 Å². The third-order valence-electron chi connectivity index (χ3n) is 2.41. The maximum absolute atomic E-state index is 11.7. The lowest BCUT2D eigenvalue weighted by Gasteiger charge is -2.04. The standard InChI is InChI=1S/C12H18INO2/c1-2-11-10(6-9-16-11)12(15)14-8-5-3-4-7-13/h6,9H,2-5,7-8H2,1H3,(H,14,15). The fourth-order valence-corrected chi connectivity index (χ4v) is 2.05. The monoisotopic (exact) mass is 335 g/mol. The van der Waals surface area contributed by atoms with Gasteiger partial charge in [-0.25, -0.2) is 0 Å². The summed E-state index contributed by atoms with van der Waals surface area (Å²) in [5.74, 6) is 0.754. The van der Waals surface area contributed by atoms with E-state index in [2.05, 4.69) is 27.9 Å². The summed E-state index contributed by atoms with van der Waals surface area (Å²) >= 11 is 2.37. The molecular weight excluding hydrogens is 317 g/mol. The Bertz CT molecular complexity index is 323. The van der Waals surface area contributed by atoms with Gasteiger partial charge in [-0.15, -0.1) is 0 Å². The summed E-state index contributed by atoms with van der Waals surface area (Å²) in [6, 6.07) is 1.74. The molecule has 0 aliphatic heterocycles. The summed E-state index contributed by atoms with van der Waals surface area (Å²) < 4.78 is 6.41. The molecule has 0 saturated heterocycles. The summed E-state index contributed by atoms with van der Waals surface area (Å²) in [5, 5.41) is 2.92. The number of halogens is 1. The van der Waals surface area contributed by atoms with E-state index in [-0.39, 0.29) is 5.91 Å². The summed E-state index contributed by atoms with van der Waals surface area (Å²) in [4.78, 5) is 11.7. The van der Waals surface area contributed by atoms with Crippen LogP contribution in [0.25, 0.3) is 0 Å². The largest absolute Gasteiger partial charge is 0.469 e. The summed E-state index contributed by atoms with van der Waals surface area (Å²) in [7, 11) is 0. The second-order valence-corrected chi connectivity index (χ2v) is 4.70. The molecule has 0 aromatic carbocycles. The van der Waals surface area contributed by atoms with E-state index >= 15 is 0 Å². The first kappa shape index (κ1) is 13.5. The van der Waals surface area contributed by atoms with Crippen molar-refractivity contribution in [3.05, 3.63) is 23.7 Å². The van der Waals surface area contributed by atoms with Gasteiger partial charge >= 0.3 is 0 Å². The zero-order chi connectivity index (χ0) is 11.8. The van der Waals surface area contributed by atoms with Gasteiger partial charge in [0.25, 0.3) is 5.91 Å². The predicted octanol–water partition coefficient (Wildman–Crippen LogP) is 3.18. The van der Waals surface area contributed by atoms with Crippen LogP contribution in [0.4, 0.5) is 0 Å². The molecule has 1 aromatic heterocycles. The lowest BCUT2D eigenvalue weighted by Crippen LogP contribution is -2.24. The minimum absolute atomic E-state index is 0.0138. The second-order valence-electron chi connectivity index (χ2n) is 3.62. The topological polar surface area (TPSA) is 42.2 Å². The zero-order valence-corrected chi connectivity index (χ0v) is 11.7. The van der Waals surface area contributed by atoms with Gasteiger partial charge in [0, 0.05) is 13.0 Å². The lowest BCUT2D eigenvalue weighted by molar-refractivity contribution is 0.0951. The Morgan fingerprint density at radius 3 is 2.94 bits per heavy atom. The Morgan fingerprint density at radius 1 is 1.44 bits per heavy atom. The van der Waals surface area contributed by atoms with Gasteiger partial charge < -0.3 is 9.73 Å². The minimum Gasteiger partial charge on any atom is -0.469 e. The first-order valence-corrected chi connectivity index (χ1v) is 7.22. The molecule has 0 aliphatic rings. The van der Waals surface area contributed by atoms with E-state index in [4.69, 9.17) is 4.42 Å². The van der Waals surface area contributed by atoms with Crippen LogP contribution >= 0.6 is 22.6 Å². The van der Waals surface area contributed by atoms with E-state index in [1.807, 2.05) is 6.92 Å². The fraction of sp³-hybridized carbons (Fsp3) is 0.583. The molecule has 1 rings (SSSR count). The van der Waals surface area contributed by atoms with Crippen molar-refractivity contribution in [3.63, 3.8) is 0 Å². The van der Waals surface area contributed by atoms with Crippen molar-refractivity contribution in [2.75, 3.05) is 11.0 Å². The van der Waals surface area contributed by atoms with Crippen molar-refractivity contribution >= 4 is 28.5 Å². The maximum Gasteiger partial charge on any atom is 0.254 e. The van der Waals surface area contributed by atoms with Crippen molar-refractivity contribution < 1.29 is 9.21 Å². The van der Waals surface area contributed by atoms with Crippen LogP contribution in [-0.2, 0) is 6.42 Å². The molecule has 0 atom stereocenters. The van der Waals surface area contributed by atoms with E-state index in [1.54, 1.807) is 12.3 Å². The van der Waals surface area contributed by atoms with E-state index in [1.165, 1.54) is 17.3 Å². The zero-order valence-electron chi connectivity index (χ0n) is 9.59. The molecule has 16 heavy (non-hydrogen) atoms. The first-order valence-electron chi connectivity index (χ1n) is 5.70. The molecule has 0 bridgehead atoms. The number of unbranched alkanes of at least 4 members (excludes halogenated alkanes) is 2. The van der Waals surface area contributed by atoms with E-state index in [0.29, 0.717) is 5.56 Å². The van der Waals surface area contributed by atoms with Gasteiger partial charge in [-0.1, -0.05) is 35.9 Å². The van der Waals surface area contributed by atoms with Crippen LogP contribution in [-0.4, -0.2) is 16.9 Å². The third kappa shape index (κ3) is 4.15. The van der Waals surface area contributed by atoms with Crippen LogP contribution in [0, 0.1) is 0 Å².